The van der Waals surface area contributed by atoms with Gasteiger partial charge in [0.05, 0.1) is 23.4 Å². The van der Waals surface area contributed by atoms with E-state index >= 15 is 0 Å². The van der Waals surface area contributed by atoms with Crippen molar-refractivity contribution in [3.8, 4) is 6.07 Å². The Morgan fingerprint density at radius 3 is 2.19 bits per heavy atom. The maximum absolute atomic E-state index is 12.4. The van der Waals surface area contributed by atoms with Crippen LogP contribution >= 0.6 is 0 Å². The largest absolute Gasteiger partial charge is 0.481 e. The molecule has 2 amide bonds. The number of nitriles is 1. The van der Waals surface area contributed by atoms with E-state index in [0.29, 0.717) is 13.1 Å². The van der Waals surface area contributed by atoms with E-state index in [0.717, 1.165) is 0 Å². The average Bonchev–Trinajstić information content (AvgIpc) is 2.32. The van der Waals surface area contributed by atoms with Crippen LogP contribution in [0.4, 0.5) is 4.79 Å². The summed E-state index contributed by atoms with van der Waals surface area (Å²) in [5.74, 6) is -0.703. The topological polar surface area (TPSA) is 93.4 Å². The van der Waals surface area contributed by atoms with Crippen LogP contribution in [0.2, 0.25) is 0 Å². The average molecular weight is 297 g/mol. The molecule has 0 heterocycles. The highest BCUT2D eigenvalue weighted by Gasteiger charge is 2.45. The molecule has 0 aliphatic carbocycles. The third-order valence-corrected chi connectivity index (χ3v) is 3.88. The maximum atomic E-state index is 12.4. The number of nitrogens with one attached hydrogen (secondary N) is 1. The number of hydrogen-bond donors (Lipinski definition) is 2. The van der Waals surface area contributed by atoms with E-state index in [1.54, 1.807) is 32.6 Å². The molecule has 0 saturated heterocycles. The molecule has 0 radical (unpaired) electrons. The van der Waals surface area contributed by atoms with E-state index in [9.17, 15) is 14.7 Å². The second-order valence-electron chi connectivity index (χ2n) is 6.73. The maximum Gasteiger partial charge on any atom is 0.317 e. The third-order valence-electron chi connectivity index (χ3n) is 3.88. The molecule has 120 valence electrons. The summed E-state index contributed by atoms with van der Waals surface area (Å²) < 4.78 is 0. The number of carbonyl (C=O) groups is 2. The van der Waals surface area contributed by atoms with Crippen LogP contribution in [0.1, 0.15) is 48.0 Å². The van der Waals surface area contributed by atoms with Crippen LogP contribution in [0.25, 0.3) is 0 Å². The van der Waals surface area contributed by atoms with Gasteiger partial charge in [-0.25, -0.2) is 4.79 Å². The minimum Gasteiger partial charge on any atom is -0.481 e. The lowest BCUT2D eigenvalue weighted by Crippen LogP contribution is -2.60. The first kappa shape index (κ1) is 19.2. The fourth-order valence-electron chi connectivity index (χ4n) is 1.67. The Hall–Kier alpha value is -1.77. The first-order valence-corrected chi connectivity index (χ1v) is 7.13. The molecule has 0 unspecified atom stereocenters. The summed E-state index contributed by atoms with van der Waals surface area (Å²) in [5.41, 5.74) is -2.03. The van der Waals surface area contributed by atoms with Gasteiger partial charge in [-0.05, 0) is 33.6 Å². The van der Waals surface area contributed by atoms with Crippen LogP contribution < -0.4 is 5.32 Å². The molecule has 0 spiro atoms. The first-order chi connectivity index (χ1) is 9.45. The van der Waals surface area contributed by atoms with Gasteiger partial charge in [0.2, 0.25) is 0 Å². The number of aliphatic carboxylic acids is 1. The number of carboxylic acids is 1. The van der Waals surface area contributed by atoms with Crippen LogP contribution in [0.15, 0.2) is 0 Å². The van der Waals surface area contributed by atoms with Crippen molar-refractivity contribution in [2.24, 2.45) is 11.3 Å². The number of amides is 2. The smallest absolute Gasteiger partial charge is 0.317 e. The summed E-state index contributed by atoms with van der Waals surface area (Å²) in [6.07, 6.45) is 0.253. The standard InChI is InChI=1S/C15H27N3O3/c1-11(2)10-18(9-7-8-16)13(21)17-15(5,6)14(3,4)12(19)20/h11H,7,9-10H2,1-6H3,(H,17,21)(H,19,20). The lowest BCUT2D eigenvalue weighted by atomic mass is 9.74. The molecule has 0 saturated carbocycles. The number of carboxylic acid groups (broad SMARTS) is 1. The van der Waals surface area contributed by atoms with Crippen LogP contribution in [0, 0.1) is 22.7 Å². The van der Waals surface area contributed by atoms with Crippen molar-refractivity contribution in [1.82, 2.24) is 10.2 Å². The number of carbonyl (C=O) groups excluding carboxylic acids is 1. The van der Waals surface area contributed by atoms with Crippen molar-refractivity contribution < 1.29 is 14.7 Å². The molecule has 0 atom stereocenters. The quantitative estimate of drug-likeness (QED) is 0.754. The van der Waals surface area contributed by atoms with Crippen molar-refractivity contribution in [3.05, 3.63) is 0 Å². The Balaban J connectivity index is 5.04. The van der Waals surface area contributed by atoms with Gasteiger partial charge in [-0.3, -0.25) is 4.79 Å². The van der Waals surface area contributed by atoms with Gasteiger partial charge < -0.3 is 15.3 Å². The van der Waals surface area contributed by atoms with Crippen molar-refractivity contribution in [3.63, 3.8) is 0 Å². The molecule has 0 fully saturated rings. The zero-order chi connectivity index (χ0) is 16.8. The van der Waals surface area contributed by atoms with E-state index in [-0.39, 0.29) is 18.4 Å². The number of nitrogens with zero attached hydrogens (tertiary/aromatic N) is 2. The lowest BCUT2D eigenvalue weighted by Gasteiger charge is -2.40. The van der Waals surface area contributed by atoms with Gasteiger partial charge in [0.15, 0.2) is 0 Å². The van der Waals surface area contributed by atoms with E-state index < -0.39 is 16.9 Å². The fraction of sp³-hybridized carbons (Fsp3) is 0.800. The van der Waals surface area contributed by atoms with Crippen LogP contribution in [0.3, 0.4) is 0 Å². The van der Waals surface area contributed by atoms with Gasteiger partial charge in [-0.1, -0.05) is 13.8 Å². The van der Waals surface area contributed by atoms with Gasteiger partial charge in [-0.15, -0.1) is 0 Å². The Bertz CT molecular complexity index is 422. The van der Waals surface area contributed by atoms with Crippen LogP contribution in [-0.4, -0.2) is 40.6 Å². The highest BCUT2D eigenvalue weighted by molar-refractivity contribution is 5.79. The molecule has 0 aromatic carbocycles. The second-order valence-corrected chi connectivity index (χ2v) is 6.73. The monoisotopic (exact) mass is 297 g/mol. The van der Waals surface area contributed by atoms with Crippen molar-refractivity contribution in [2.45, 2.75) is 53.5 Å². The van der Waals surface area contributed by atoms with Crippen LogP contribution in [-0.2, 0) is 4.79 Å². The molecule has 2 N–H and O–H groups in total. The van der Waals surface area contributed by atoms with E-state index in [4.69, 9.17) is 5.26 Å². The van der Waals surface area contributed by atoms with Gasteiger partial charge in [0.1, 0.15) is 0 Å². The predicted molar refractivity (Wildman–Crippen MR) is 80.7 cm³/mol. The Morgan fingerprint density at radius 1 is 1.29 bits per heavy atom. The summed E-state index contributed by atoms with van der Waals surface area (Å²) in [5, 5.41) is 20.8. The zero-order valence-corrected chi connectivity index (χ0v) is 13.9. The minimum absolute atomic E-state index is 0.253. The normalized spacial score (nSPS) is 11.9. The first-order valence-electron chi connectivity index (χ1n) is 7.13. The Labute approximate surface area is 127 Å². The molecular weight excluding hydrogens is 270 g/mol. The molecule has 0 aliphatic heterocycles. The summed E-state index contributed by atoms with van der Waals surface area (Å²) >= 11 is 0. The highest BCUT2D eigenvalue weighted by Crippen LogP contribution is 2.30. The van der Waals surface area contributed by atoms with Crippen molar-refractivity contribution in [1.29, 1.82) is 5.26 Å². The fourth-order valence-corrected chi connectivity index (χ4v) is 1.67. The molecule has 0 aliphatic rings. The lowest BCUT2D eigenvalue weighted by molar-refractivity contribution is -0.150. The third kappa shape index (κ3) is 5.25. The molecular formula is C15H27N3O3. The zero-order valence-electron chi connectivity index (χ0n) is 13.9. The summed E-state index contributed by atoms with van der Waals surface area (Å²) in [4.78, 5) is 25.3. The number of hydrogen-bond acceptors (Lipinski definition) is 3. The van der Waals surface area contributed by atoms with Gasteiger partial charge in [0.25, 0.3) is 0 Å². The van der Waals surface area contributed by atoms with Gasteiger partial charge in [-0.2, -0.15) is 5.26 Å². The van der Waals surface area contributed by atoms with Gasteiger partial charge in [0, 0.05) is 13.1 Å². The predicted octanol–water partition coefficient (Wildman–Crippen LogP) is 2.46. The van der Waals surface area contributed by atoms with Gasteiger partial charge >= 0.3 is 12.0 Å². The molecule has 6 nitrogen and oxygen atoms in total. The number of urea groups is 1. The van der Waals surface area contributed by atoms with E-state index in [1.807, 2.05) is 19.9 Å². The molecule has 0 bridgehead atoms. The SMILES string of the molecule is CC(C)CN(CCC#N)C(=O)NC(C)(C)C(C)(C)C(=O)O. The Kier molecular flexibility index (Phi) is 6.68. The van der Waals surface area contributed by atoms with Crippen molar-refractivity contribution in [2.75, 3.05) is 13.1 Å². The second kappa shape index (κ2) is 7.30. The highest BCUT2D eigenvalue weighted by atomic mass is 16.4. The summed E-state index contributed by atoms with van der Waals surface area (Å²) in [6, 6.07) is 1.69. The molecule has 0 rings (SSSR count). The van der Waals surface area contributed by atoms with Crippen LogP contribution in [0.5, 0.6) is 0 Å². The summed E-state index contributed by atoms with van der Waals surface area (Å²) in [7, 11) is 0. The van der Waals surface area contributed by atoms with Crippen molar-refractivity contribution >= 4 is 12.0 Å². The van der Waals surface area contributed by atoms with E-state index in [2.05, 4.69) is 5.32 Å². The minimum atomic E-state index is -1.11. The van der Waals surface area contributed by atoms with E-state index in [1.165, 1.54) is 0 Å². The summed E-state index contributed by atoms with van der Waals surface area (Å²) in [6.45, 7) is 11.4. The molecule has 6 heteroatoms. The molecule has 0 aromatic heterocycles. The molecule has 0 aromatic rings. The molecule has 21 heavy (non-hydrogen) atoms. The number of rotatable bonds is 7. The Morgan fingerprint density at radius 2 is 1.81 bits per heavy atom.